The van der Waals surface area contributed by atoms with Crippen molar-refractivity contribution in [1.29, 1.82) is 0 Å². The molecule has 0 bridgehead atoms. The maximum atomic E-state index is 13.1. The fourth-order valence-corrected chi connectivity index (χ4v) is 4.42. The number of nitrogens with one attached hydrogen (secondary N) is 1. The lowest BCUT2D eigenvalue weighted by Crippen LogP contribution is -2.45. The van der Waals surface area contributed by atoms with Crippen LogP contribution in [0.4, 0.5) is 0 Å². The molecule has 0 saturated carbocycles. The summed E-state index contributed by atoms with van der Waals surface area (Å²) < 4.78 is 10.4. The summed E-state index contributed by atoms with van der Waals surface area (Å²) in [4.78, 5) is 34.3. The maximum Gasteiger partial charge on any atom is 0.303 e. The largest absolute Gasteiger partial charge is 0.497 e. The highest BCUT2D eigenvalue weighted by Crippen LogP contribution is 2.31. The number of hydrogen-bond donors (Lipinski definition) is 2. The molecule has 1 aliphatic heterocycles. The number of carbonyl (C=O) groups excluding carboxylic acids is 1. The van der Waals surface area contributed by atoms with Gasteiger partial charge >= 0.3 is 5.97 Å². The Bertz CT molecular complexity index is 1110. The molecule has 0 radical (unpaired) electrons. The molecule has 2 N–H and O–H groups in total. The van der Waals surface area contributed by atoms with Gasteiger partial charge < -0.3 is 24.5 Å². The van der Waals surface area contributed by atoms with Crippen molar-refractivity contribution >= 4 is 22.9 Å². The van der Waals surface area contributed by atoms with Gasteiger partial charge in [0.25, 0.3) is 5.91 Å². The standard InChI is InChI=1S/C24H27N3O5/c1-31-18-5-3-15(4-6-18)24(30)27-10-9-16(12-23(28)29)17(14-27)11-22-25-20-8-7-19(32-2)13-21(20)26-22/h3-8,13,16-17H,9-12,14H2,1-2H3,(H,25,26)(H,28,29). The van der Waals surface area contributed by atoms with E-state index in [0.717, 1.165) is 22.6 Å². The Morgan fingerprint density at radius 3 is 2.50 bits per heavy atom. The van der Waals surface area contributed by atoms with Crippen molar-refractivity contribution in [3.05, 3.63) is 53.9 Å². The summed E-state index contributed by atoms with van der Waals surface area (Å²) >= 11 is 0. The number of H-pyrrole nitrogens is 1. The van der Waals surface area contributed by atoms with E-state index < -0.39 is 5.97 Å². The zero-order valence-electron chi connectivity index (χ0n) is 18.2. The second-order valence-electron chi connectivity index (χ2n) is 8.16. The summed E-state index contributed by atoms with van der Waals surface area (Å²) in [5, 5.41) is 9.39. The Hall–Kier alpha value is -3.55. The fraction of sp³-hybridized carbons (Fsp3) is 0.375. The first kappa shape index (κ1) is 21.7. The van der Waals surface area contributed by atoms with Gasteiger partial charge in [-0.1, -0.05) is 0 Å². The second kappa shape index (κ2) is 9.30. The van der Waals surface area contributed by atoms with E-state index in [1.54, 1.807) is 38.5 Å². The lowest BCUT2D eigenvalue weighted by atomic mass is 9.81. The molecule has 2 heterocycles. The van der Waals surface area contributed by atoms with Gasteiger partial charge in [0, 0.05) is 37.6 Å². The molecule has 8 nitrogen and oxygen atoms in total. The third-order valence-corrected chi connectivity index (χ3v) is 6.15. The smallest absolute Gasteiger partial charge is 0.303 e. The number of carboxylic acids is 1. The average Bonchev–Trinajstić information content (AvgIpc) is 3.20. The number of aromatic nitrogens is 2. The highest BCUT2D eigenvalue weighted by atomic mass is 16.5. The molecule has 2 aromatic carbocycles. The normalized spacial score (nSPS) is 18.5. The van der Waals surface area contributed by atoms with Crippen LogP contribution in [0.1, 0.15) is 29.0 Å². The highest BCUT2D eigenvalue weighted by molar-refractivity contribution is 5.94. The van der Waals surface area contributed by atoms with Crippen LogP contribution < -0.4 is 9.47 Å². The number of rotatable bonds is 7. The molecule has 2 unspecified atom stereocenters. The molecule has 1 aliphatic rings. The van der Waals surface area contributed by atoms with Crippen LogP contribution in [0.25, 0.3) is 11.0 Å². The minimum Gasteiger partial charge on any atom is -0.497 e. The third kappa shape index (κ3) is 4.69. The number of ether oxygens (including phenoxy) is 2. The number of hydrogen-bond acceptors (Lipinski definition) is 5. The van der Waals surface area contributed by atoms with Gasteiger partial charge in [-0.05, 0) is 54.7 Å². The molecule has 1 aromatic heterocycles. The van der Waals surface area contributed by atoms with Crippen molar-refractivity contribution < 1.29 is 24.2 Å². The third-order valence-electron chi connectivity index (χ3n) is 6.15. The lowest BCUT2D eigenvalue weighted by molar-refractivity contribution is -0.139. The van der Waals surface area contributed by atoms with E-state index in [9.17, 15) is 14.7 Å². The molecular formula is C24H27N3O5. The molecule has 1 saturated heterocycles. The van der Waals surface area contributed by atoms with E-state index in [4.69, 9.17) is 9.47 Å². The lowest BCUT2D eigenvalue weighted by Gasteiger charge is -2.38. The topological polar surface area (TPSA) is 105 Å². The van der Waals surface area contributed by atoms with E-state index >= 15 is 0 Å². The summed E-state index contributed by atoms with van der Waals surface area (Å²) in [6, 6.07) is 12.7. The number of carboxylic acid groups (broad SMARTS) is 1. The first-order valence-electron chi connectivity index (χ1n) is 10.6. The van der Waals surface area contributed by atoms with Crippen LogP contribution in [0.3, 0.4) is 0 Å². The quantitative estimate of drug-likeness (QED) is 0.587. The Morgan fingerprint density at radius 1 is 1.09 bits per heavy atom. The first-order chi connectivity index (χ1) is 15.5. The van der Waals surface area contributed by atoms with Crippen molar-refractivity contribution in [3.8, 4) is 11.5 Å². The van der Waals surface area contributed by atoms with Gasteiger partial charge in [0.15, 0.2) is 0 Å². The number of aromatic amines is 1. The number of amides is 1. The van der Waals surface area contributed by atoms with Crippen LogP contribution in [0.15, 0.2) is 42.5 Å². The van der Waals surface area contributed by atoms with Gasteiger partial charge in [0.05, 0.1) is 25.3 Å². The molecular weight excluding hydrogens is 410 g/mol. The monoisotopic (exact) mass is 437 g/mol. The van der Waals surface area contributed by atoms with E-state index in [2.05, 4.69) is 9.97 Å². The Balaban J connectivity index is 1.53. The number of benzene rings is 2. The van der Waals surface area contributed by atoms with E-state index in [1.165, 1.54) is 0 Å². The van der Waals surface area contributed by atoms with Gasteiger partial charge in [-0.3, -0.25) is 9.59 Å². The van der Waals surface area contributed by atoms with Crippen molar-refractivity contribution in [2.24, 2.45) is 11.8 Å². The predicted molar refractivity (Wildman–Crippen MR) is 119 cm³/mol. The molecule has 8 heteroatoms. The SMILES string of the molecule is COc1ccc(C(=O)N2CCC(CC(=O)O)C(Cc3nc4ccc(OC)cc4[nH]3)C2)cc1. The minimum absolute atomic E-state index is 0.00972. The van der Waals surface area contributed by atoms with E-state index in [-0.39, 0.29) is 24.2 Å². The zero-order valence-corrected chi connectivity index (χ0v) is 18.2. The molecule has 32 heavy (non-hydrogen) atoms. The highest BCUT2D eigenvalue weighted by Gasteiger charge is 2.33. The fourth-order valence-electron chi connectivity index (χ4n) is 4.42. The Morgan fingerprint density at radius 2 is 1.81 bits per heavy atom. The van der Waals surface area contributed by atoms with Crippen LogP contribution in [-0.4, -0.2) is 59.2 Å². The molecule has 1 fully saturated rings. The van der Waals surface area contributed by atoms with Crippen molar-refractivity contribution in [2.45, 2.75) is 19.3 Å². The number of fused-ring (bicyclic) bond motifs is 1. The molecule has 4 rings (SSSR count). The molecule has 0 aliphatic carbocycles. The molecule has 3 aromatic rings. The number of carbonyl (C=O) groups is 2. The van der Waals surface area contributed by atoms with Gasteiger partial charge in [-0.25, -0.2) is 4.98 Å². The molecule has 2 atom stereocenters. The molecule has 168 valence electrons. The zero-order chi connectivity index (χ0) is 22.7. The van der Waals surface area contributed by atoms with Gasteiger partial charge in [0.1, 0.15) is 17.3 Å². The van der Waals surface area contributed by atoms with Gasteiger partial charge in [-0.15, -0.1) is 0 Å². The number of likely N-dealkylation sites (tertiary alicyclic amines) is 1. The maximum absolute atomic E-state index is 13.1. The van der Waals surface area contributed by atoms with Crippen molar-refractivity contribution in [1.82, 2.24) is 14.9 Å². The summed E-state index contributed by atoms with van der Waals surface area (Å²) in [6.45, 7) is 1.03. The van der Waals surface area contributed by atoms with E-state index in [0.29, 0.717) is 37.2 Å². The molecule has 0 spiro atoms. The van der Waals surface area contributed by atoms with Gasteiger partial charge in [0.2, 0.25) is 0 Å². The molecule has 1 amide bonds. The Labute approximate surface area is 186 Å². The number of piperidine rings is 1. The number of imidazole rings is 1. The predicted octanol–water partition coefficient (Wildman–Crippen LogP) is 3.38. The summed E-state index contributed by atoms with van der Waals surface area (Å²) in [5.74, 6) is 1.32. The minimum atomic E-state index is -0.815. The van der Waals surface area contributed by atoms with Crippen LogP contribution in [0.2, 0.25) is 0 Å². The van der Waals surface area contributed by atoms with Crippen molar-refractivity contribution in [2.75, 3.05) is 27.3 Å². The van der Waals surface area contributed by atoms with E-state index in [1.807, 2.05) is 23.1 Å². The average molecular weight is 437 g/mol. The van der Waals surface area contributed by atoms with Crippen LogP contribution in [0, 0.1) is 11.8 Å². The Kier molecular flexibility index (Phi) is 6.30. The number of aliphatic carboxylic acids is 1. The van der Waals surface area contributed by atoms with Gasteiger partial charge in [-0.2, -0.15) is 0 Å². The second-order valence-corrected chi connectivity index (χ2v) is 8.16. The number of methoxy groups -OCH3 is 2. The summed E-state index contributed by atoms with van der Waals surface area (Å²) in [5.41, 5.74) is 2.30. The van der Waals surface area contributed by atoms with Crippen LogP contribution in [0.5, 0.6) is 11.5 Å². The van der Waals surface area contributed by atoms with Crippen LogP contribution in [-0.2, 0) is 11.2 Å². The number of nitrogens with zero attached hydrogens (tertiary/aromatic N) is 2. The summed E-state index contributed by atoms with van der Waals surface area (Å²) in [7, 11) is 3.20. The van der Waals surface area contributed by atoms with Crippen molar-refractivity contribution in [3.63, 3.8) is 0 Å². The van der Waals surface area contributed by atoms with Crippen LogP contribution >= 0.6 is 0 Å². The first-order valence-corrected chi connectivity index (χ1v) is 10.6. The summed E-state index contributed by atoms with van der Waals surface area (Å²) in [6.07, 6.45) is 1.30.